The van der Waals surface area contributed by atoms with Gasteiger partial charge >= 0.3 is 0 Å². The second-order valence-corrected chi connectivity index (χ2v) is 11.2. The van der Waals surface area contributed by atoms with Crippen molar-refractivity contribution in [3.8, 4) is 0 Å². The van der Waals surface area contributed by atoms with Crippen molar-refractivity contribution in [3.05, 3.63) is 97.4 Å². The Balaban J connectivity index is 1.59. The summed E-state index contributed by atoms with van der Waals surface area (Å²) in [4.78, 5) is 34.4. The molecule has 2 N–H and O–H groups in total. The Morgan fingerprint density at radius 3 is 2.52 bits per heavy atom. The molecule has 3 aromatic rings. The molecule has 0 saturated carbocycles. The first kappa shape index (κ1) is 22.2. The highest BCUT2D eigenvalue weighted by Crippen LogP contribution is 2.47. The number of aromatic nitrogens is 2. The zero-order valence-electron chi connectivity index (χ0n) is 18.4. The van der Waals surface area contributed by atoms with Gasteiger partial charge in [-0.2, -0.15) is 0 Å². The fourth-order valence-corrected chi connectivity index (χ4v) is 5.76. The number of halogens is 1. The molecule has 1 aromatic heterocycles. The van der Waals surface area contributed by atoms with E-state index in [1.807, 2.05) is 42.5 Å². The fourth-order valence-electron chi connectivity index (χ4n) is 4.68. The number of thioether (sulfide) groups is 1. The van der Waals surface area contributed by atoms with E-state index in [4.69, 9.17) is 4.98 Å². The van der Waals surface area contributed by atoms with Crippen molar-refractivity contribution in [3.63, 3.8) is 0 Å². The Kier molecular flexibility index (Phi) is 5.79. The molecule has 1 aliphatic heterocycles. The molecule has 33 heavy (non-hydrogen) atoms. The summed E-state index contributed by atoms with van der Waals surface area (Å²) < 4.78 is 0.949. The standard InChI is InChI=1S/C26H24BrN3O2S/c1-26(2)12-18-21(19(31)13-26)20(16-8-10-17(27)11-9-16)22-23(28-18)29-25(30-24(22)32)33-14-15-6-4-3-5-7-15/h3-11,20H,12-14H2,1-2H3,(H2,28,29,30,32)/t20-/m0/s1. The molecular weight excluding hydrogens is 498 g/mol. The molecule has 1 aliphatic carbocycles. The number of rotatable bonds is 4. The summed E-state index contributed by atoms with van der Waals surface area (Å²) in [5.74, 6) is 0.913. The van der Waals surface area contributed by atoms with Crippen molar-refractivity contribution in [2.24, 2.45) is 5.41 Å². The zero-order valence-corrected chi connectivity index (χ0v) is 20.8. The largest absolute Gasteiger partial charge is 0.343 e. The molecule has 5 rings (SSSR count). The van der Waals surface area contributed by atoms with E-state index in [0.717, 1.165) is 27.7 Å². The average Bonchev–Trinajstić information content (AvgIpc) is 2.77. The summed E-state index contributed by atoms with van der Waals surface area (Å²) in [5.41, 5.74) is 3.81. The van der Waals surface area contributed by atoms with Crippen LogP contribution >= 0.6 is 27.7 Å². The second-order valence-electron chi connectivity index (χ2n) is 9.35. The van der Waals surface area contributed by atoms with Gasteiger partial charge in [-0.1, -0.05) is 84.0 Å². The number of Topliss-reactive ketones (excluding diaryl/α,β-unsaturated/α-hetero) is 1. The Morgan fingerprint density at radius 2 is 1.79 bits per heavy atom. The van der Waals surface area contributed by atoms with Crippen LogP contribution in [0.25, 0.3) is 0 Å². The van der Waals surface area contributed by atoms with Gasteiger partial charge in [0, 0.05) is 33.8 Å². The molecule has 168 valence electrons. The van der Waals surface area contributed by atoms with E-state index in [1.165, 1.54) is 11.8 Å². The van der Waals surface area contributed by atoms with Gasteiger partial charge in [0.25, 0.3) is 5.56 Å². The number of allylic oxidation sites excluding steroid dienone is 2. The maximum Gasteiger partial charge on any atom is 0.257 e. The Hall–Kier alpha value is -2.64. The van der Waals surface area contributed by atoms with Gasteiger partial charge in [0.2, 0.25) is 0 Å². The Labute approximate surface area is 205 Å². The number of nitrogens with zero attached hydrogens (tertiary/aromatic N) is 1. The third-order valence-electron chi connectivity index (χ3n) is 6.12. The lowest BCUT2D eigenvalue weighted by molar-refractivity contribution is -0.118. The summed E-state index contributed by atoms with van der Waals surface area (Å²) in [5, 5.41) is 3.95. The van der Waals surface area contributed by atoms with Crippen LogP contribution in [0.1, 0.15) is 49.3 Å². The highest BCUT2D eigenvalue weighted by Gasteiger charge is 2.42. The molecule has 0 fully saturated rings. The van der Waals surface area contributed by atoms with Gasteiger partial charge in [0.15, 0.2) is 10.9 Å². The number of benzene rings is 2. The monoisotopic (exact) mass is 521 g/mol. The number of fused-ring (bicyclic) bond motifs is 1. The number of carbonyl (C=O) groups is 1. The van der Waals surface area contributed by atoms with E-state index in [1.54, 1.807) is 0 Å². The highest BCUT2D eigenvalue weighted by atomic mass is 79.9. The third-order valence-corrected chi connectivity index (χ3v) is 7.60. The number of hydrogen-bond acceptors (Lipinski definition) is 5. The van der Waals surface area contributed by atoms with Crippen LogP contribution in [0.5, 0.6) is 0 Å². The van der Waals surface area contributed by atoms with Crippen LogP contribution in [0.3, 0.4) is 0 Å². The van der Waals surface area contributed by atoms with Gasteiger partial charge in [-0.05, 0) is 35.1 Å². The molecule has 0 bridgehead atoms. The summed E-state index contributed by atoms with van der Waals surface area (Å²) in [6, 6.07) is 17.9. The van der Waals surface area contributed by atoms with Gasteiger partial charge < -0.3 is 10.3 Å². The number of aromatic amines is 1. The molecule has 0 spiro atoms. The fraction of sp³-hybridized carbons (Fsp3) is 0.269. The SMILES string of the molecule is CC1(C)CC(=O)C2=C(C1)Nc1nc(SCc3ccccc3)[nH]c(=O)c1[C@H]2c1ccc(Br)cc1. The van der Waals surface area contributed by atoms with E-state index in [2.05, 4.69) is 52.2 Å². The maximum absolute atomic E-state index is 13.4. The quantitative estimate of drug-likeness (QED) is 0.324. The second kappa shape index (κ2) is 8.61. The average molecular weight is 522 g/mol. The molecular formula is C26H24BrN3O2S. The lowest BCUT2D eigenvalue weighted by atomic mass is 9.69. The first-order chi connectivity index (χ1) is 15.8. The van der Waals surface area contributed by atoms with E-state index in [9.17, 15) is 9.59 Å². The zero-order chi connectivity index (χ0) is 23.2. The predicted octanol–water partition coefficient (Wildman–Crippen LogP) is 6.03. The molecule has 2 aromatic carbocycles. The number of ketones is 1. The third kappa shape index (κ3) is 4.44. The Bertz CT molecular complexity index is 1310. The van der Waals surface area contributed by atoms with E-state index in [-0.39, 0.29) is 16.8 Å². The van der Waals surface area contributed by atoms with Gasteiger partial charge in [0.1, 0.15) is 5.82 Å². The van der Waals surface area contributed by atoms with Crippen LogP contribution in [-0.2, 0) is 10.5 Å². The Morgan fingerprint density at radius 1 is 1.06 bits per heavy atom. The smallest absolute Gasteiger partial charge is 0.257 e. The minimum Gasteiger partial charge on any atom is -0.343 e. The molecule has 0 amide bonds. The maximum atomic E-state index is 13.4. The molecule has 5 nitrogen and oxygen atoms in total. The van der Waals surface area contributed by atoms with Crippen molar-refractivity contribution in [1.82, 2.24) is 9.97 Å². The lowest BCUT2D eigenvalue weighted by Gasteiger charge is -2.38. The van der Waals surface area contributed by atoms with E-state index >= 15 is 0 Å². The summed E-state index contributed by atoms with van der Waals surface area (Å²) in [7, 11) is 0. The van der Waals surface area contributed by atoms with Crippen LogP contribution in [0.4, 0.5) is 5.82 Å². The van der Waals surface area contributed by atoms with Crippen LogP contribution in [0.2, 0.25) is 0 Å². The number of nitrogens with one attached hydrogen (secondary N) is 2. The molecule has 0 radical (unpaired) electrons. The minimum absolute atomic E-state index is 0.0919. The summed E-state index contributed by atoms with van der Waals surface area (Å²) >= 11 is 4.98. The number of hydrogen-bond donors (Lipinski definition) is 2. The molecule has 2 heterocycles. The van der Waals surface area contributed by atoms with Gasteiger partial charge in [-0.15, -0.1) is 0 Å². The molecule has 1 atom stereocenters. The van der Waals surface area contributed by atoms with E-state index in [0.29, 0.717) is 34.3 Å². The molecule has 2 aliphatic rings. The molecule has 7 heteroatoms. The number of H-pyrrole nitrogens is 1. The highest BCUT2D eigenvalue weighted by molar-refractivity contribution is 9.10. The summed E-state index contributed by atoms with van der Waals surface area (Å²) in [6.07, 6.45) is 1.20. The van der Waals surface area contributed by atoms with Crippen LogP contribution in [0, 0.1) is 5.41 Å². The first-order valence-corrected chi connectivity index (χ1v) is 12.7. The predicted molar refractivity (Wildman–Crippen MR) is 136 cm³/mol. The van der Waals surface area contributed by atoms with Gasteiger partial charge in [-0.3, -0.25) is 9.59 Å². The van der Waals surface area contributed by atoms with Crippen molar-refractivity contribution in [2.45, 2.75) is 43.5 Å². The van der Waals surface area contributed by atoms with Crippen molar-refractivity contribution in [1.29, 1.82) is 0 Å². The lowest BCUT2D eigenvalue weighted by Crippen LogP contribution is -2.37. The topological polar surface area (TPSA) is 74.8 Å². The molecule has 0 saturated heterocycles. The molecule has 0 unspecified atom stereocenters. The van der Waals surface area contributed by atoms with Crippen LogP contribution in [0.15, 0.2) is 80.3 Å². The van der Waals surface area contributed by atoms with Crippen molar-refractivity contribution >= 4 is 39.3 Å². The number of anilines is 1. The first-order valence-electron chi connectivity index (χ1n) is 10.9. The normalized spacial score (nSPS) is 19.0. The van der Waals surface area contributed by atoms with Crippen LogP contribution < -0.4 is 10.9 Å². The van der Waals surface area contributed by atoms with Gasteiger partial charge in [0.05, 0.1) is 5.56 Å². The van der Waals surface area contributed by atoms with Gasteiger partial charge in [-0.25, -0.2) is 4.98 Å². The minimum atomic E-state index is -0.433. The van der Waals surface area contributed by atoms with E-state index < -0.39 is 5.92 Å². The summed E-state index contributed by atoms with van der Waals surface area (Å²) in [6.45, 7) is 4.21. The van der Waals surface area contributed by atoms with Crippen LogP contribution in [-0.4, -0.2) is 15.8 Å². The number of carbonyl (C=O) groups excluding carboxylic acids is 1. The van der Waals surface area contributed by atoms with Crippen molar-refractivity contribution < 1.29 is 4.79 Å². The van der Waals surface area contributed by atoms with Crippen molar-refractivity contribution in [2.75, 3.05) is 5.32 Å².